The molecule has 33 heavy (non-hydrogen) atoms. The monoisotopic (exact) mass is 474 g/mol. The number of sulfonamides is 1. The van der Waals surface area contributed by atoms with Crippen molar-refractivity contribution in [2.75, 3.05) is 31.3 Å². The largest absolute Gasteiger partial charge is 0.497 e. The van der Waals surface area contributed by atoms with Crippen molar-refractivity contribution >= 4 is 21.6 Å². The Morgan fingerprint density at radius 2 is 1.79 bits per heavy atom. The summed E-state index contributed by atoms with van der Waals surface area (Å²) < 4.78 is 41.2. The topological polar surface area (TPSA) is 124 Å². The molecule has 2 aromatic carbocycles. The molecule has 11 heteroatoms. The number of nitrogens with one attached hydrogen (secondary N) is 1. The molecule has 3 rings (SSSR count). The summed E-state index contributed by atoms with van der Waals surface area (Å²) in [4.78, 5) is 16.5. The van der Waals surface area contributed by atoms with Crippen molar-refractivity contribution in [3.05, 3.63) is 54.4 Å². The summed E-state index contributed by atoms with van der Waals surface area (Å²) in [5.41, 5.74) is 1.21. The average molecular weight is 475 g/mol. The van der Waals surface area contributed by atoms with Crippen LogP contribution in [0.2, 0.25) is 0 Å². The highest BCUT2D eigenvalue weighted by molar-refractivity contribution is 7.92. The Hall–Kier alpha value is -3.60. The van der Waals surface area contributed by atoms with E-state index in [9.17, 15) is 13.2 Å². The van der Waals surface area contributed by atoms with Crippen molar-refractivity contribution in [2.45, 2.75) is 19.4 Å². The van der Waals surface area contributed by atoms with E-state index in [0.717, 1.165) is 11.8 Å². The number of benzene rings is 2. The van der Waals surface area contributed by atoms with Gasteiger partial charge in [-0.05, 0) is 30.7 Å². The highest BCUT2D eigenvalue weighted by Gasteiger charge is 2.18. The van der Waals surface area contributed by atoms with Crippen molar-refractivity contribution in [3.63, 3.8) is 0 Å². The number of ether oxygens (including phenoxy) is 2. The van der Waals surface area contributed by atoms with Gasteiger partial charge in [-0.15, -0.1) is 0 Å². The van der Waals surface area contributed by atoms with Gasteiger partial charge in [0.1, 0.15) is 11.5 Å². The van der Waals surface area contributed by atoms with Crippen molar-refractivity contribution in [1.82, 2.24) is 15.5 Å². The fourth-order valence-corrected chi connectivity index (χ4v) is 4.06. The van der Waals surface area contributed by atoms with Crippen LogP contribution in [0.5, 0.6) is 11.5 Å². The van der Waals surface area contributed by atoms with Crippen LogP contribution in [0.25, 0.3) is 11.4 Å². The van der Waals surface area contributed by atoms with Crippen molar-refractivity contribution < 1.29 is 27.2 Å². The summed E-state index contributed by atoms with van der Waals surface area (Å²) in [6, 6.07) is 14.0. The molecule has 3 aromatic rings. The van der Waals surface area contributed by atoms with E-state index in [4.69, 9.17) is 14.0 Å². The van der Waals surface area contributed by atoms with Gasteiger partial charge in [0.05, 0.1) is 32.7 Å². The van der Waals surface area contributed by atoms with Crippen LogP contribution in [0.1, 0.15) is 18.7 Å². The number of amides is 1. The van der Waals surface area contributed by atoms with Crippen LogP contribution in [0, 0.1) is 0 Å². The Labute approximate surface area is 192 Å². The van der Waals surface area contributed by atoms with Crippen LogP contribution >= 0.6 is 0 Å². The van der Waals surface area contributed by atoms with Gasteiger partial charge in [-0.1, -0.05) is 23.4 Å². The first-order chi connectivity index (χ1) is 15.8. The van der Waals surface area contributed by atoms with Crippen LogP contribution in [0.3, 0.4) is 0 Å². The summed E-state index contributed by atoms with van der Waals surface area (Å²) in [7, 11) is -0.438. The first-order valence-electron chi connectivity index (χ1n) is 10.2. The lowest BCUT2D eigenvalue weighted by Gasteiger charge is -2.22. The first-order valence-corrected chi connectivity index (χ1v) is 12.0. The summed E-state index contributed by atoms with van der Waals surface area (Å²) in [6.07, 6.45) is 1.59. The zero-order valence-corrected chi connectivity index (χ0v) is 19.5. The fraction of sp³-hybridized carbons (Fsp3) is 0.318. The minimum absolute atomic E-state index is 0.0709. The van der Waals surface area contributed by atoms with Gasteiger partial charge in [0.15, 0.2) is 0 Å². The maximum absolute atomic E-state index is 12.2. The molecule has 0 saturated heterocycles. The minimum atomic E-state index is -3.52. The zero-order valence-electron chi connectivity index (χ0n) is 18.6. The van der Waals surface area contributed by atoms with Crippen molar-refractivity contribution in [3.8, 4) is 22.9 Å². The van der Waals surface area contributed by atoms with Gasteiger partial charge in [-0.2, -0.15) is 4.98 Å². The second-order valence-corrected chi connectivity index (χ2v) is 9.07. The Kier molecular flexibility index (Phi) is 7.88. The number of hydrogen-bond donors (Lipinski definition) is 1. The van der Waals surface area contributed by atoms with E-state index in [2.05, 4.69) is 15.5 Å². The summed E-state index contributed by atoms with van der Waals surface area (Å²) in [5, 5.41) is 6.63. The number of nitrogens with zero attached hydrogens (tertiary/aromatic N) is 3. The van der Waals surface area contributed by atoms with Gasteiger partial charge >= 0.3 is 0 Å². The van der Waals surface area contributed by atoms with Gasteiger partial charge < -0.3 is 19.3 Å². The van der Waals surface area contributed by atoms with Gasteiger partial charge in [0, 0.05) is 24.6 Å². The highest BCUT2D eigenvalue weighted by Crippen LogP contribution is 2.24. The van der Waals surface area contributed by atoms with E-state index in [-0.39, 0.29) is 31.3 Å². The smallest absolute Gasteiger partial charge is 0.246 e. The molecule has 10 nitrogen and oxygen atoms in total. The molecule has 0 saturated carbocycles. The molecule has 0 bridgehead atoms. The van der Waals surface area contributed by atoms with Gasteiger partial charge in [0.25, 0.3) is 0 Å². The predicted octanol–water partition coefficient (Wildman–Crippen LogP) is 2.62. The lowest BCUT2D eigenvalue weighted by atomic mass is 10.2. The molecule has 0 aliphatic heterocycles. The Balaban J connectivity index is 1.52. The summed E-state index contributed by atoms with van der Waals surface area (Å²) >= 11 is 0. The quantitative estimate of drug-likeness (QED) is 0.450. The number of anilines is 1. The third-order valence-electron chi connectivity index (χ3n) is 4.74. The third-order valence-corrected chi connectivity index (χ3v) is 5.93. The molecule has 1 N–H and O–H groups in total. The van der Waals surface area contributed by atoms with Crippen molar-refractivity contribution in [1.29, 1.82) is 0 Å². The van der Waals surface area contributed by atoms with Gasteiger partial charge in [0.2, 0.25) is 27.6 Å². The van der Waals surface area contributed by atoms with Gasteiger partial charge in [-0.25, -0.2) is 8.42 Å². The molecule has 1 heterocycles. The zero-order chi connectivity index (χ0) is 23.8. The van der Waals surface area contributed by atoms with E-state index >= 15 is 0 Å². The van der Waals surface area contributed by atoms with E-state index < -0.39 is 10.0 Å². The Morgan fingerprint density at radius 1 is 1.09 bits per heavy atom. The van der Waals surface area contributed by atoms with Crippen LogP contribution in [0.15, 0.2) is 53.1 Å². The molecule has 0 fully saturated rings. The number of carbonyl (C=O) groups is 1. The van der Waals surface area contributed by atoms with E-state index in [0.29, 0.717) is 29.4 Å². The van der Waals surface area contributed by atoms with Crippen LogP contribution in [-0.4, -0.2) is 51.5 Å². The normalized spacial score (nSPS) is 11.1. The maximum atomic E-state index is 12.2. The number of aromatic nitrogens is 2. The first kappa shape index (κ1) is 24.1. The molecule has 0 radical (unpaired) electrons. The lowest BCUT2D eigenvalue weighted by Crippen LogP contribution is -2.32. The second-order valence-electron chi connectivity index (χ2n) is 7.16. The molecule has 1 aromatic heterocycles. The molecule has 176 valence electrons. The molecular formula is C22H26N4O6S. The van der Waals surface area contributed by atoms with E-state index in [1.54, 1.807) is 37.4 Å². The van der Waals surface area contributed by atoms with Gasteiger partial charge in [-0.3, -0.25) is 9.10 Å². The molecule has 0 spiro atoms. The van der Waals surface area contributed by atoms with Crippen LogP contribution in [-0.2, 0) is 21.4 Å². The highest BCUT2D eigenvalue weighted by atomic mass is 32.2. The van der Waals surface area contributed by atoms with Crippen molar-refractivity contribution in [2.24, 2.45) is 0 Å². The lowest BCUT2D eigenvalue weighted by molar-refractivity contribution is -0.121. The van der Waals surface area contributed by atoms with Crippen LogP contribution < -0.4 is 19.1 Å². The minimum Gasteiger partial charge on any atom is -0.497 e. The Morgan fingerprint density at radius 3 is 2.48 bits per heavy atom. The average Bonchev–Trinajstić information content (AvgIpc) is 3.29. The molecule has 0 atom stereocenters. The number of carbonyl (C=O) groups excluding carboxylic acids is 1. The standard InChI is InChI=1S/C22H26N4O6S/c1-30-18-9-4-7-16(13-18)22-24-21(32-25-22)15-23-20(27)11-6-12-26(33(3,28)29)17-8-5-10-19(14-17)31-2/h4-5,7-10,13-14H,6,11-12,15H2,1-3H3,(H,23,27). The number of methoxy groups -OCH3 is 2. The number of rotatable bonds is 11. The molecule has 0 unspecified atom stereocenters. The third kappa shape index (κ3) is 6.69. The predicted molar refractivity (Wildman–Crippen MR) is 123 cm³/mol. The fourth-order valence-electron chi connectivity index (χ4n) is 3.10. The maximum Gasteiger partial charge on any atom is 0.246 e. The molecule has 0 aliphatic carbocycles. The van der Waals surface area contributed by atoms with E-state index in [1.807, 2.05) is 18.2 Å². The van der Waals surface area contributed by atoms with Crippen LogP contribution in [0.4, 0.5) is 5.69 Å². The summed E-state index contributed by atoms with van der Waals surface area (Å²) in [5.74, 6) is 1.61. The Bertz CT molecular complexity index is 1190. The van der Waals surface area contributed by atoms with E-state index in [1.165, 1.54) is 11.4 Å². The second kappa shape index (κ2) is 10.8. The molecule has 1 amide bonds. The SMILES string of the molecule is COc1cccc(-c2noc(CNC(=O)CCCN(c3cccc(OC)c3)S(C)(=O)=O)n2)c1. The summed E-state index contributed by atoms with van der Waals surface area (Å²) in [6.45, 7) is 0.224. The molecule has 0 aliphatic rings. The number of hydrogen-bond acceptors (Lipinski definition) is 8. The molecular weight excluding hydrogens is 448 g/mol.